The van der Waals surface area contributed by atoms with Crippen LogP contribution in [0.1, 0.15) is 23.6 Å². The summed E-state index contributed by atoms with van der Waals surface area (Å²) in [5, 5.41) is 16.0. The minimum Gasteiger partial charge on any atom is -0.490 e. The minimum absolute atomic E-state index is 0.0807. The van der Waals surface area contributed by atoms with Crippen LogP contribution in [-0.2, 0) is 11.2 Å². The van der Waals surface area contributed by atoms with Gasteiger partial charge in [0.25, 0.3) is 5.91 Å². The average molecular weight is 666 g/mol. The first-order valence-corrected chi connectivity index (χ1v) is 15.0. The van der Waals surface area contributed by atoms with E-state index in [1.807, 2.05) is 55.5 Å². The summed E-state index contributed by atoms with van der Waals surface area (Å²) >= 11 is 11.1. The molecule has 0 fully saturated rings. The Labute approximate surface area is 261 Å². The van der Waals surface area contributed by atoms with Gasteiger partial charge < -0.3 is 14.2 Å². The van der Waals surface area contributed by atoms with E-state index in [1.165, 1.54) is 16.8 Å². The van der Waals surface area contributed by atoms with E-state index in [2.05, 4.69) is 32.6 Å². The van der Waals surface area contributed by atoms with E-state index < -0.39 is 5.91 Å². The highest BCUT2D eigenvalue weighted by Crippen LogP contribution is 2.38. The second-order valence-corrected chi connectivity index (χ2v) is 11.2. The summed E-state index contributed by atoms with van der Waals surface area (Å²) in [7, 11) is 0. The molecule has 0 saturated carbocycles. The lowest BCUT2D eigenvalue weighted by Gasteiger charge is -2.20. The molecule has 2 heterocycles. The molecule has 0 aliphatic carbocycles. The fraction of sp³-hybridized carbons (Fsp3) is 0.161. The number of amides is 1. The molecule has 0 saturated heterocycles. The molecule has 1 amide bonds. The molecule has 42 heavy (non-hydrogen) atoms. The van der Waals surface area contributed by atoms with Gasteiger partial charge in [0, 0.05) is 5.56 Å². The maximum absolute atomic E-state index is 13.0. The van der Waals surface area contributed by atoms with Gasteiger partial charge in [-0.3, -0.25) is 10.2 Å². The van der Waals surface area contributed by atoms with E-state index in [0.29, 0.717) is 62.0 Å². The highest BCUT2D eigenvalue weighted by Gasteiger charge is 2.36. The zero-order valence-corrected chi connectivity index (χ0v) is 25.8. The number of hydrazone groups is 1. The van der Waals surface area contributed by atoms with Gasteiger partial charge in [-0.15, -0.1) is 6.58 Å². The molecular formula is C31H26BrClN4O4S. The number of nitrogens with one attached hydrogen (secondary N) is 1. The Kier molecular flexibility index (Phi) is 9.46. The molecule has 0 unspecified atom stereocenters. The summed E-state index contributed by atoms with van der Waals surface area (Å²) in [5.41, 5.74) is 2.48. The zero-order chi connectivity index (χ0) is 29.6. The van der Waals surface area contributed by atoms with Crippen molar-refractivity contribution in [1.29, 1.82) is 5.41 Å². The van der Waals surface area contributed by atoms with Gasteiger partial charge in [-0.1, -0.05) is 54.1 Å². The first-order chi connectivity index (χ1) is 20.4. The quantitative estimate of drug-likeness (QED) is 0.131. The lowest BCUT2D eigenvalue weighted by atomic mass is 10.1. The van der Waals surface area contributed by atoms with Crippen molar-refractivity contribution in [2.75, 3.05) is 19.8 Å². The van der Waals surface area contributed by atoms with Gasteiger partial charge in [-0.05, 0) is 82.5 Å². The van der Waals surface area contributed by atoms with Gasteiger partial charge in [0.2, 0.25) is 5.17 Å². The molecule has 0 aromatic heterocycles. The number of hydrogen-bond donors (Lipinski definition) is 1. The fourth-order valence-corrected chi connectivity index (χ4v) is 6.03. The molecule has 5 rings (SSSR count). The van der Waals surface area contributed by atoms with Crippen LogP contribution in [0.4, 0.5) is 0 Å². The minimum atomic E-state index is -0.530. The number of benzene rings is 3. The number of nitrogens with zero attached hydrogens (tertiary/aromatic N) is 3. The molecule has 11 heteroatoms. The molecule has 1 N–H and O–H groups in total. The van der Waals surface area contributed by atoms with E-state index in [0.717, 1.165) is 11.3 Å². The number of aliphatic imine (C=N–C) groups is 1. The Morgan fingerprint density at radius 3 is 2.62 bits per heavy atom. The number of para-hydroxylation sites is 1. The van der Waals surface area contributed by atoms with Gasteiger partial charge >= 0.3 is 0 Å². The monoisotopic (exact) mass is 664 g/mol. The maximum atomic E-state index is 13.0. The summed E-state index contributed by atoms with van der Waals surface area (Å²) < 4.78 is 18.5. The second-order valence-electron chi connectivity index (χ2n) is 8.97. The fourth-order valence-electron chi connectivity index (χ4n) is 4.24. The highest BCUT2D eigenvalue weighted by atomic mass is 79.9. The SMILES string of the molecule is C=CCc1ccccc1OCCOc1c(Br)cc(/C=C2/C(=N)N3N=C(c4ccccc4Cl)SC3=NC2=O)cc1OCC. The van der Waals surface area contributed by atoms with Crippen molar-refractivity contribution in [3.05, 3.63) is 105 Å². The first kappa shape index (κ1) is 29.6. The van der Waals surface area contributed by atoms with Crippen LogP contribution in [0.2, 0.25) is 5.02 Å². The van der Waals surface area contributed by atoms with Gasteiger partial charge in [0.1, 0.15) is 24.0 Å². The van der Waals surface area contributed by atoms with Crippen molar-refractivity contribution in [2.24, 2.45) is 10.1 Å². The predicted octanol–water partition coefficient (Wildman–Crippen LogP) is 7.35. The molecule has 8 nitrogen and oxygen atoms in total. The molecular weight excluding hydrogens is 640 g/mol. The molecule has 2 aliphatic heterocycles. The normalized spacial score (nSPS) is 15.3. The molecule has 214 valence electrons. The standard InChI is InChI=1S/C31H26BrClN4O4S/c1-3-9-20-10-5-8-13-25(20)40-14-15-41-27-23(32)17-19(18-26(27)39-4-2)16-22-28(34)37-31(35-29(22)38)42-30(36-37)21-11-6-7-12-24(21)33/h3,5-8,10-13,16-18,34H,1,4,9,14-15H2,2H3/b22-16-,34-28?. The molecule has 0 bridgehead atoms. The summed E-state index contributed by atoms with van der Waals surface area (Å²) in [6, 6.07) is 18.6. The van der Waals surface area contributed by atoms with Crippen molar-refractivity contribution >= 4 is 67.3 Å². The third-order valence-electron chi connectivity index (χ3n) is 6.13. The van der Waals surface area contributed by atoms with Crippen LogP contribution in [0.5, 0.6) is 17.2 Å². The number of allylic oxidation sites excluding steroid dienone is 1. The second kappa shape index (κ2) is 13.4. The number of rotatable bonds is 11. The number of carbonyl (C=O) groups is 1. The van der Waals surface area contributed by atoms with E-state index in [4.69, 9.17) is 31.2 Å². The Morgan fingerprint density at radius 1 is 1.07 bits per heavy atom. The molecule has 2 aliphatic rings. The predicted molar refractivity (Wildman–Crippen MR) is 172 cm³/mol. The number of thioether (sulfide) groups is 1. The molecule has 0 spiro atoms. The van der Waals surface area contributed by atoms with Crippen LogP contribution in [-0.4, -0.2) is 46.8 Å². The van der Waals surface area contributed by atoms with E-state index in [9.17, 15) is 4.79 Å². The molecule has 0 radical (unpaired) electrons. The van der Waals surface area contributed by atoms with Crippen LogP contribution in [0, 0.1) is 5.41 Å². The average Bonchev–Trinajstić information content (AvgIpc) is 3.39. The summed E-state index contributed by atoms with van der Waals surface area (Å²) in [4.78, 5) is 17.2. The topological polar surface area (TPSA) is 96.6 Å². The summed E-state index contributed by atoms with van der Waals surface area (Å²) in [6.07, 6.45) is 4.14. The number of carbonyl (C=O) groups excluding carboxylic acids is 1. The van der Waals surface area contributed by atoms with E-state index >= 15 is 0 Å². The molecule has 3 aromatic carbocycles. The van der Waals surface area contributed by atoms with Crippen molar-refractivity contribution in [3.8, 4) is 17.2 Å². The Balaban J connectivity index is 1.33. The lowest BCUT2D eigenvalue weighted by molar-refractivity contribution is -0.114. The smallest absolute Gasteiger partial charge is 0.283 e. The van der Waals surface area contributed by atoms with Crippen molar-refractivity contribution in [1.82, 2.24) is 5.01 Å². The third-order valence-corrected chi connectivity index (χ3v) is 7.99. The lowest BCUT2D eigenvalue weighted by Crippen LogP contribution is -2.35. The van der Waals surface area contributed by atoms with E-state index in [-0.39, 0.29) is 18.0 Å². The largest absolute Gasteiger partial charge is 0.490 e. The van der Waals surface area contributed by atoms with Gasteiger partial charge in [0.05, 0.1) is 21.7 Å². The number of halogens is 2. The first-order valence-electron chi connectivity index (χ1n) is 13.1. The Hall–Kier alpha value is -3.86. The van der Waals surface area contributed by atoms with Crippen LogP contribution >= 0.6 is 39.3 Å². The van der Waals surface area contributed by atoms with Crippen LogP contribution in [0.3, 0.4) is 0 Å². The number of hydrogen-bond acceptors (Lipinski definition) is 7. The van der Waals surface area contributed by atoms with Crippen molar-refractivity contribution < 1.29 is 19.0 Å². The van der Waals surface area contributed by atoms with Crippen LogP contribution in [0.25, 0.3) is 6.08 Å². The molecule has 3 aromatic rings. The summed E-state index contributed by atoms with van der Waals surface area (Å²) in [6.45, 7) is 6.68. The Morgan fingerprint density at radius 2 is 1.83 bits per heavy atom. The number of amidine groups is 2. The maximum Gasteiger partial charge on any atom is 0.283 e. The van der Waals surface area contributed by atoms with Crippen LogP contribution < -0.4 is 14.2 Å². The van der Waals surface area contributed by atoms with Gasteiger partial charge in [-0.25, -0.2) is 0 Å². The number of fused-ring (bicyclic) bond motifs is 1. The highest BCUT2D eigenvalue weighted by molar-refractivity contribution is 9.10. The number of ether oxygens (including phenoxy) is 3. The Bertz CT molecular complexity index is 1660. The van der Waals surface area contributed by atoms with Crippen molar-refractivity contribution in [3.63, 3.8) is 0 Å². The third kappa shape index (κ3) is 6.46. The van der Waals surface area contributed by atoms with E-state index in [1.54, 1.807) is 24.3 Å². The van der Waals surface area contributed by atoms with Crippen molar-refractivity contribution in [2.45, 2.75) is 13.3 Å². The zero-order valence-electron chi connectivity index (χ0n) is 22.6. The summed E-state index contributed by atoms with van der Waals surface area (Å²) in [5.74, 6) is 1.18. The molecule has 0 atom stereocenters. The van der Waals surface area contributed by atoms with Gasteiger partial charge in [-0.2, -0.15) is 15.1 Å². The van der Waals surface area contributed by atoms with Crippen LogP contribution in [0.15, 0.2) is 93.5 Å². The van der Waals surface area contributed by atoms with Gasteiger partial charge in [0.15, 0.2) is 17.3 Å².